The number of halogens is 6. The molecule has 0 amide bonds. The van der Waals surface area contributed by atoms with Gasteiger partial charge in [-0.3, -0.25) is 4.79 Å². The smallest absolute Gasteiger partial charge is 0.416 e. The summed E-state index contributed by atoms with van der Waals surface area (Å²) < 4.78 is 101. The molecule has 0 spiro atoms. The van der Waals surface area contributed by atoms with Crippen molar-refractivity contribution < 1.29 is 40.0 Å². The highest BCUT2D eigenvalue weighted by molar-refractivity contribution is 5.56. The van der Waals surface area contributed by atoms with E-state index < -0.39 is 42.2 Å². The van der Waals surface area contributed by atoms with Crippen molar-refractivity contribution in [2.24, 2.45) is 0 Å². The van der Waals surface area contributed by atoms with Gasteiger partial charge in [-0.05, 0) is 25.1 Å². The average molecular weight is 289 g/mol. The van der Waals surface area contributed by atoms with Gasteiger partial charge in [0.2, 0.25) is 0 Å². The van der Waals surface area contributed by atoms with E-state index in [0.29, 0.717) is 0 Å². The molecule has 106 valence electrons. The summed E-state index contributed by atoms with van der Waals surface area (Å²) in [5.41, 5.74) is -3.35. The molecule has 0 radical (unpaired) electrons. The lowest BCUT2D eigenvalue weighted by atomic mass is 10.1. The molecule has 0 saturated carbocycles. The molecule has 0 aliphatic rings. The summed E-state index contributed by atoms with van der Waals surface area (Å²) in [6.45, 7) is -3.03. The van der Waals surface area contributed by atoms with Crippen molar-refractivity contribution >= 4 is 6.29 Å². The number of rotatable bonds is 3. The lowest BCUT2D eigenvalue weighted by molar-refractivity contribution is -0.143. The highest BCUT2D eigenvalue weighted by Gasteiger charge is 2.37. The Hall–Kier alpha value is -1.73. The van der Waals surface area contributed by atoms with Crippen molar-refractivity contribution in [3.63, 3.8) is 0 Å². The maximum atomic E-state index is 12.6. The van der Waals surface area contributed by atoms with Crippen molar-refractivity contribution in [1.29, 1.82) is 0 Å². The van der Waals surface area contributed by atoms with Crippen molar-refractivity contribution in [3.8, 4) is 5.75 Å². The fourth-order valence-corrected chi connectivity index (χ4v) is 1.17. The highest BCUT2D eigenvalue weighted by Crippen LogP contribution is 2.38. The quantitative estimate of drug-likeness (QED) is 0.626. The monoisotopic (exact) mass is 289 g/mol. The van der Waals surface area contributed by atoms with Gasteiger partial charge in [0.05, 0.1) is 11.1 Å². The molecule has 0 saturated heterocycles. The number of carbonyl (C=O) groups excluding carboxylic acids is 1. The van der Waals surface area contributed by atoms with Gasteiger partial charge in [-0.1, -0.05) is 0 Å². The van der Waals surface area contributed by atoms with Crippen molar-refractivity contribution in [2.75, 3.05) is 0 Å². The normalized spacial score (nSPS) is 17.1. The van der Waals surface area contributed by atoms with Crippen LogP contribution in [0, 0.1) is 0 Å². The summed E-state index contributed by atoms with van der Waals surface area (Å²) in [5.74, 6) is -1.02. The van der Waals surface area contributed by atoms with Crippen LogP contribution in [0.4, 0.5) is 26.3 Å². The third-order valence-corrected chi connectivity index (χ3v) is 1.95. The largest absolute Gasteiger partial charge is 0.483 e. The van der Waals surface area contributed by atoms with Crippen LogP contribution in [0.2, 0.25) is 0 Å². The van der Waals surface area contributed by atoms with E-state index in [4.69, 9.17) is 4.11 Å². The predicted molar refractivity (Wildman–Crippen MR) is 52.6 cm³/mol. The number of hydrogen-bond acceptors (Lipinski definition) is 2. The molecule has 1 aromatic carbocycles. The Morgan fingerprint density at radius 1 is 1.11 bits per heavy atom. The van der Waals surface area contributed by atoms with Crippen LogP contribution in [-0.4, -0.2) is 12.4 Å². The van der Waals surface area contributed by atoms with Gasteiger partial charge in [0, 0.05) is 4.11 Å². The topological polar surface area (TPSA) is 26.3 Å². The molecule has 1 atom stereocenters. The number of hydrogen-bond donors (Lipinski definition) is 0. The first kappa shape index (κ1) is 11.1. The number of carbonyl (C=O) groups is 1. The van der Waals surface area contributed by atoms with Gasteiger partial charge in [0.25, 0.3) is 0 Å². The van der Waals surface area contributed by atoms with Crippen LogP contribution in [0.5, 0.6) is 5.75 Å². The minimum absolute atomic E-state index is 0.141. The van der Waals surface area contributed by atoms with Gasteiger partial charge in [-0.25, -0.2) is 0 Å². The van der Waals surface area contributed by atoms with Crippen molar-refractivity contribution in [1.82, 2.24) is 0 Å². The average Bonchev–Trinajstić information content (AvgIpc) is 2.32. The highest BCUT2D eigenvalue weighted by atomic mass is 19.4. The Balaban J connectivity index is 3.33. The second-order valence-corrected chi connectivity index (χ2v) is 3.42. The van der Waals surface area contributed by atoms with Gasteiger partial charge in [0.15, 0.2) is 12.4 Å². The molecule has 0 bridgehead atoms. The summed E-state index contributed by atoms with van der Waals surface area (Å²) in [4.78, 5) is 10.6. The van der Waals surface area contributed by atoms with Gasteiger partial charge < -0.3 is 4.74 Å². The minimum Gasteiger partial charge on any atom is -0.483 e. The lowest BCUT2D eigenvalue weighted by Crippen LogP contribution is -2.16. The van der Waals surface area contributed by atoms with Crippen LogP contribution in [0.3, 0.4) is 0 Å². The molecule has 8 heteroatoms. The molecule has 0 aliphatic heterocycles. The van der Waals surface area contributed by atoms with E-state index in [9.17, 15) is 31.1 Å². The number of benzene rings is 1. The fraction of sp³-hybridized carbons (Fsp3) is 0.364. The molecule has 0 aliphatic carbocycles. The zero-order chi connectivity index (χ0) is 17.3. The van der Waals surface area contributed by atoms with E-state index >= 15 is 0 Å². The molecular formula is C11H8F6O2. The molecule has 19 heavy (non-hydrogen) atoms. The van der Waals surface area contributed by atoms with Crippen LogP contribution >= 0.6 is 0 Å². The van der Waals surface area contributed by atoms with Crippen molar-refractivity contribution in [2.45, 2.75) is 25.3 Å². The molecule has 1 aromatic rings. The van der Waals surface area contributed by atoms with E-state index in [1.165, 1.54) is 0 Å². The van der Waals surface area contributed by atoms with Crippen LogP contribution in [0.1, 0.15) is 22.1 Å². The number of alkyl halides is 6. The molecule has 0 aromatic heterocycles. The second kappa shape index (κ2) is 5.10. The first-order valence-electron chi connectivity index (χ1n) is 6.16. The summed E-state index contributed by atoms with van der Waals surface area (Å²) in [6, 6.07) is 0.243. The van der Waals surface area contributed by atoms with E-state index in [2.05, 4.69) is 4.74 Å². The van der Waals surface area contributed by atoms with E-state index in [1.807, 2.05) is 0 Å². The Bertz CT molecular complexity index is 518. The SMILES string of the molecule is [2H]C([2H])([2H])C(C=O)Oc1cc(C(F)(F)F)cc(C(F)(F)F)c1. The Kier molecular flexibility index (Phi) is 2.99. The van der Waals surface area contributed by atoms with Crippen LogP contribution in [0.15, 0.2) is 18.2 Å². The molecule has 0 fully saturated rings. The molecule has 1 rings (SSSR count). The van der Waals surface area contributed by atoms with Gasteiger partial charge in [-0.15, -0.1) is 0 Å². The Morgan fingerprint density at radius 2 is 1.58 bits per heavy atom. The summed E-state index contributed by atoms with van der Waals surface area (Å²) in [5, 5.41) is 0. The Labute approximate surface area is 108 Å². The number of ether oxygens (including phenoxy) is 1. The third kappa shape index (κ3) is 4.15. The standard InChI is InChI=1S/C11H8F6O2/c1-6(5-18)19-9-3-7(10(12,13)14)2-8(4-9)11(15,16)17/h2-6H,1H3/i1D3. The summed E-state index contributed by atoms with van der Waals surface area (Å²) in [7, 11) is 0. The second-order valence-electron chi connectivity index (χ2n) is 3.42. The minimum atomic E-state index is -5.10. The first-order valence-corrected chi connectivity index (χ1v) is 4.66. The van der Waals surface area contributed by atoms with Crippen molar-refractivity contribution in [3.05, 3.63) is 29.3 Å². The zero-order valence-electron chi connectivity index (χ0n) is 12.0. The maximum absolute atomic E-state index is 12.6. The van der Waals surface area contributed by atoms with Gasteiger partial charge >= 0.3 is 12.4 Å². The molecule has 1 unspecified atom stereocenters. The lowest BCUT2D eigenvalue weighted by Gasteiger charge is -2.15. The molecule has 0 heterocycles. The van der Waals surface area contributed by atoms with E-state index in [1.54, 1.807) is 0 Å². The fourth-order valence-electron chi connectivity index (χ4n) is 1.17. The van der Waals surface area contributed by atoms with Gasteiger partial charge in [0.1, 0.15) is 5.75 Å². The van der Waals surface area contributed by atoms with Gasteiger partial charge in [-0.2, -0.15) is 26.3 Å². The third-order valence-electron chi connectivity index (χ3n) is 1.95. The maximum Gasteiger partial charge on any atom is 0.416 e. The molecule has 0 N–H and O–H groups in total. The van der Waals surface area contributed by atoms with E-state index in [-0.39, 0.29) is 24.5 Å². The van der Waals surface area contributed by atoms with Crippen LogP contribution in [0.25, 0.3) is 0 Å². The first-order chi connectivity index (χ1) is 9.75. The molecular weight excluding hydrogens is 278 g/mol. The number of aldehydes is 1. The van der Waals surface area contributed by atoms with Crippen LogP contribution in [-0.2, 0) is 17.1 Å². The van der Waals surface area contributed by atoms with Crippen LogP contribution < -0.4 is 4.74 Å². The summed E-state index contributed by atoms with van der Waals surface area (Å²) >= 11 is 0. The summed E-state index contributed by atoms with van der Waals surface area (Å²) in [6.07, 6.45) is -12.6. The zero-order valence-corrected chi connectivity index (χ0v) is 8.97. The van der Waals surface area contributed by atoms with E-state index in [0.717, 1.165) is 0 Å². The molecule has 2 nitrogen and oxygen atoms in total. The predicted octanol–water partition coefficient (Wildman–Crippen LogP) is 3.69. The Morgan fingerprint density at radius 3 is 1.89 bits per heavy atom.